The largest absolute Gasteiger partial charge is 0.496 e. The smallest absolute Gasteiger partial charge is 0.410 e. The number of nitrogens with one attached hydrogen (secondary N) is 1. The number of aliphatic hydroxyl groups excluding tert-OH is 1. The average molecular weight is 643 g/mol. The summed E-state index contributed by atoms with van der Waals surface area (Å²) in [6.07, 6.45) is 11.5. The van der Waals surface area contributed by atoms with Crippen LogP contribution in [0.3, 0.4) is 0 Å². The quantitative estimate of drug-likeness (QED) is 0.273. The van der Waals surface area contributed by atoms with Crippen LogP contribution in [0.25, 0.3) is 11.3 Å². The molecule has 4 aliphatic rings. The van der Waals surface area contributed by atoms with Crippen molar-refractivity contribution in [3.8, 4) is 17.1 Å². The Morgan fingerprint density at radius 3 is 2.38 bits per heavy atom. The number of aromatic nitrogens is 2. The summed E-state index contributed by atoms with van der Waals surface area (Å²) in [6.45, 7) is 2.75. The highest BCUT2D eigenvalue weighted by atomic mass is 16.6. The van der Waals surface area contributed by atoms with E-state index in [1.807, 2.05) is 12.3 Å². The lowest BCUT2D eigenvalue weighted by Crippen LogP contribution is -2.54. The number of β-amino-alcohol motifs (C(OH)–C–C–N with tert-alkyl or cyclic N) is 1. The highest BCUT2D eigenvalue weighted by Gasteiger charge is 2.36. The van der Waals surface area contributed by atoms with Gasteiger partial charge in [-0.1, -0.05) is 12.1 Å². The van der Waals surface area contributed by atoms with Crippen molar-refractivity contribution < 1.29 is 28.6 Å². The second-order valence-electron chi connectivity index (χ2n) is 14.0. The van der Waals surface area contributed by atoms with Crippen molar-refractivity contribution >= 4 is 12.0 Å². The normalized spacial score (nSPS) is 25.5. The molecule has 2 aromatic heterocycles. The number of carbonyl (C=O) groups excluding carboxylic acids is 2. The number of amides is 2. The van der Waals surface area contributed by atoms with Crippen molar-refractivity contribution in [1.29, 1.82) is 0 Å². The van der Waals surface area contributed by atoms with E-state index >= 15 is 0 Å². The van der Waals surface area contributed by atoms with Crippen molar-refractivity contribution in [3.63, 3.8) is 0 Å². The molecule has 10 heteroatoms. The highest BCUT2D eigenvalue weighted by Crippen LogP contribution is 2.43. The number of aliphatic hydroxyl groups is 1. The minimum atomic E-state index is -0.456. The maximum absolute atomic E-state index is 13.9. The van der Waals surface area contributed by atoms with Gasteiger partial charge in [0.2, 0.25) is 5.91 Å². The first kappa shape index (κ1) is 31.7. The average Bonchev–Trinajstić information content (AvgIpc) is 3.81. The van der Waals surface area contributed by atoms with Gasteiger partial charge in [0.25, 0.3) is 0 Å². The van der Waals surface area contributed by atoms with Crippen LogP contribution in [-0.4, -0.2) is 64.4 Å². The number of aryl methyl sites for hydroxylation is 1. The summed E-state index contributed by atoms with van der Waals surface area (Å²) in [7, 11) is 1.71. The van der Waals surface area contributed by atoms with E-state index < -0.39 is 6.10 Å². The second kappa shape index (κ2) is 13.7. The van der Waals surface area contributed by atoms with Gasteiger partial charge < -0.3 is 29.2 Å². The number of ether oxygens (including phenoxy) is 2. The predicted octanol–water partition coefficient (Wildman–Crippen LogP) is 6.43. The number of hydrogen-bond donors (Lipinski definition) is 2. The SMILES string of the molecule is COc1ccc(C2CCC(C(NC(=O)C3CCC(OC(=O)N4CC(O)C4)CC3)c3cc(-c4cnc(C5CC5)o4)ccn3)CC2)cc1C. The van der Waals surface area contributed by atoms with Crippen LogP contribution in [0.4, 0.5) is 4.79 Å². The van der Waals surface area contributed by atoms with E-state index in [4.69, 9.17) is 18.9 Å². The van der Waals surface area contributed by atoms with E-state index in [2.05, 4.69) is 41.5 Å². The number of methoxy groups -OCH3 is 1. The number of likely N-dealkylation sites (tertiary alicyclic amines) is 1. The van der Waals surface area contributed by atoms with Gasteiger partial charge in [-0.15, -0.1) is 0 Å². The molecule has 250 valence electrons. The van der Waals surface area contributed by atoms with E-state index in [0.29, 0.717) is 50.6 Å². The first-order chi connectivity index (χ1) is 22.8. The maximum Gasteiger partial charge on any atom is 0.410 e. The van der Waals surface area contributed by atoms with Crippen LogP contribution in [0.1, 0.15) is 105 Å². The number of oxazole rings is 1. The minimum absolute atomic E-state index is 0.0430. The van der Waals surface area contributed by atoms with Crippen LogP contribution in [0.5, 0.6) is 5.75 Å². The summed E-state index contributed by atoms with van der Waals surface area (Å²) >= 11 is 0. The van der Waals surface area contributed by atoms with Gasteiger partial charge in [-0.05, 0) is 112 Å². The fraction of sp³-hybridized carbons (Fsp3) is 0.568. The van der Waals surface area contributed by atoms with E-state index in [-0.39, 0.29) is 36.0 Å². The molecule has 2 amide bonds. The van der Waals surface area contributed by atoms with Gasteiger partial charge >= 0.3 is 6.09 Å². The third kappa shape index (κ3) is 7.17. The molecule has 4 fully saturated rings. The Balaban J connectivity index is 1.04. The van der Waals surface area contributed by atoms with E-state index in [0.717, 1.165) is 72.7 Å². The molecule has 0 radical (unpaired) electrons. The molecule has 1 aliphatic heterocycles. The zero-order valence-corrected chi connectivity index (χ0v) is 27.4. The van der Waals surface area contributed by atoms with Crippen LogP contribution in [0.2, 0.25) is 0 Å². The summed E-state index contributed by atoms with van der Waals surface area (Å²) in [4.78, 5) is 37.0. The van der Waals surface area contributed by atoms with Crippen molar-refractivity contribution in [2.45, 2.75) is 101 Å². The number of hydrogen-bond acceptors (Lipinski definition) is 8. The second-order valence-corrected chi connectivity index (χ2v) is 14.0. The lowest BCUT2D eigenvalue weighted by atomic mass is 9.74. The Labute approximate surface area is 276 Å². The zero-order chi connectivity index (χ0) is 32.5. The van der Waals surface area contributed by atoms with Gasteiger partial charge in [0.15, 0.2) is 11.7 Å². The lowest BCUT2D eigenvalue weighted by Gasteiger charge is -2.37. The number of rotatable bonds is 9. The van der Waals surface area contributed by atoms with Crippen molar-refractivity contribution in [1.82, 2.24) is 20.2 Å². The number of nitrogens with zero attached hydrogens (tertiary/aromatic N) is 3. The first-order valence-corrected chi connectivity index (χ1v) is 17.3. The molecule has 7 rings (SSSR count). The fourth-order valence-corrected chi connectivity index (χ4v) is 7.62. The Bertz CT molecular complexity index is 1560. The van der Waals surface area contributed by atoms with Crippen molar-refractivity contribution in [2.24, 2.45) is 11.8 Å². The van der Waals surface area contributed by atoms with Gasteiger partial charge in [0, 0.05) is 23.6 Å². The van der Waals surface area contributed by atoms with E-state index in [1.165, 1.54) is 10.5 Å². The molecule has 3 heterocycles. The van der Waals surface area contributed by atoms with Crippen LogP contribution in [0.15, 0.2) is 47.1 Å². The van der Waals surface area contributed by atoms with Crippen molar-refractivity contribution in [2.75, 3.05) is 20.2 Å². The van der Waals surface area contributed by atoms with Gasteiger partial charge in [0.05, 0.1) is 44.2 Å². The Morgan fingerprint density at radius 1 is 0.957 bits per heavy atom. The molecule has 47 heavy (non-hydrogen) atoms. The van der Waals surface area contributed by atoms with Gasteiger partial charge in [0.1, 0.15) is 11.9 Å². The van der Waals surface area contributed by atoms with Crippen LogP contribution in [-0.2, 0) is 9.53 Å². The molecule has 3 saturated carbocycles. The standard InChI is InChI=1S/C37H46N4O6/c1-22-17-27(11-14-32(22)45-2)23-3-5-24(6-4-23)34(31-18-28(15-16-38-31)33-19-39-36(47-33)26-7-8-26)40-35(43)25-9-12-30(13-10-25)46-37(44)41-20-29(42)21-41/h11,14-19,23-26,29-30,34,42H,3-10,12-13,20-21H2,1-2H3,(H,40,43). The predicted molar refractivity (Wildman–Crippen MR) is 175 cm³/mol. The molecule has 1 saturated heterocycles. The molecular formula is C37H46N4O6. The van der Waals surface area contributed by atoms with E-state index in [1.54, 1.807) is 13.3 Å². The lowest BCUT2D eigenvalue weighted by molar-refractivity contribution is -0.128. The third-order valence-corrected chi connectivity index (χ3v) is 10.7. The summed E-state index contributed by atoms with van der Waals surface area (Å²) in [5.41, 5.74) is 4.28. The number of benzene rings is 1. The highest BCUT2D eigenvalue weighted by molar-refractivity contribution is 5.79. The summed E-state index contributed by atoms with van der Waals surface area (Å²) in [5.74, 6) is 3.51. The van der Waals surface area contributed by atoms with Gasteiger partial charge in [-0.2, -0.15) is 0 Å². The molecule has 0 spiro atoms. The molecule has 10 nitrogen and oxygen atoms in total. The molecule has 1 atom stereocenters. The number of pyridine rings is 1. The molecule has 2 N–H and O–H groups in total. The Kier molecular flexibility index (Phi) is 9.21. The Morgan fingerprint density at radius 2 is 1.70 bits per heavy atom. The van der Waals surface area contributed by atoms with Crippen LogP contribution >= 0.6 is 0 Å². The first-order valence-electron chi connectivity index (χ1n) is 17.3. The molecule has 1 aromatic carbocycles. The van der Waals surface area contributed by atoms with Crippen LogP contribution in [0, 0.1) is 18.8 Å². The molecule has 1 unspecified atom stereocenters. The minimum Gasteiger partial charge on any atom is -0.496 e. The van der Waals surface area contributed by atoms with Crippen LogP contribution < -0.4 is 10.1 Å². The van der Waals surface area contributed by atoms with Gasteiger partial charge in [-0.25, -0.2) is 9.78 Å². The monoisotopic (exact) mass is 642 g/mol. The van der Waals surface area contributed by atoms with Gasteiger partial charge in [-0.3, -0.25) is 9.78 Å². The Hall–Kier alpha value is -3.92. The zero-order valence-electron chi connectivity index (χ0n) is 27.4. The maximum atomic E-state index is 13.9. The van der Waals surface area contributed by atoms with Crippen molar-refractivity contribution in [3.05, 3.63) is 65.4 Å². The third-order valence-electron chi connectivity index (χ3n) is 10.7. The molecule has 0 bridgehead atoms. The summed E-state index contributed by atoms with van der Waals surface area (Å²) in [5, 5.41) is 12.9. The topological polar surface area (TPSA) is 127 Å². The summed E-state index contributed by atoms with van der Waals surface area (Å²) in [6, 6.07) is 10.3. The fourth-order valence-electron chi connectivity index (χ4n) is 7.62. The molecule has 3 aromatic rings. The summed E-state index contributed by atoms with van der Waals surface area (Å²) < 4.78 is 17.3. The number of carbonyl (C=O) groups is 2. The molecule has 3 aliphatic carbocycles. The molecular weight excluding hydrogens is 596 g/mol. The van der Waals surface area contributed by atoms with E-state index in [9.17, 15) is 14.7 Å².